The molecule has 0 aliphatic carbocycles. The van der Waals surface area contributed by atoms with Gasteiger partial charge < -0.3 is 16.0 Å². The van der Waals surface area contributed by atoms with Crippen molar-refractivity contribution in [2.75, 3.05) is 16.4 Å². The summed E-state index contributed by atoms with van der Waals surface area (Å²) in [7, 11) is 0. The number of nitrogens with one attached hydrogen (secondary N) is 3. The summed E-state index contributed by atoms with van der Waals surface area (Å²) in [5, 5.41) is 22.2. The van der Waals surface area contributed by atoms with E-state index in [-0.39, 0.29) is 17.6 Å². The van der Waals surface area contributed by atoms with Crippen molar-refractivity contribution in [2.24, 2.45) is 0 Å². The second kappa shape index (κ2) is 11.9. The molecule has 1 aliphatic heterocycles. The van der Waals surface area contributed by atoms with Crippen LogP contribution in [0.1, 0.15) is 24.0 Å². The third-order valence-corrected chi connectivity index (χ3v) is 7.85. The highest BCUT2D eigenvalue weighted by Crippen LogP contribution is 2.41. The molecule has 0 fully saturated rings. The third kappa shape index (κ3) is 5.63. The quantitative estimate of drug-likeness (QED) is 0.236. The number of carbonyl (C=O) groups is 2. The van der Waals surface area contributed by atoms with Crippen LogP contribution in [0.15, 0.2) is 119 Å². The first-order chi connectivity index (χ1) is 19.5. The Bertz CT molecular complexity index is 1700. The van der Waals surface area contributed by atoms with Gasteiger partial charge in [-0.1, -0.05) is 96.7 Å². The molecular formula is C33H28N4O2S. The van der Waals surface area contributed by atoms with E-state index in [1.807, 2.05) is 111 Å². The van der Waals surface area contributed by atoms with E-state index in [1.165, 1.54) is 11.8 Å². The first-order valence-corrected chi connectivity index (χ1v) is 13.9. The van der Waals surface area contributed by atoms with Crippen molar-refractivity contribution in [3.63, 3.8) is 0 Å². The zero-order chi connectivity index (χ0) is 28.1. The summed E-state index contributed by atoms with van der Waals surface area (Å²) >= 11 is 1.25. The fraction of sp³-hybridized carbons (Fsp3) is 0.121. The topological polar surface area (TPSA) is 94.0 Å². The predicted molar refractivity (Wildman–Crippen MR) is 163 cm³/mol. The van der Waals surface area contributed by atoms with E-state index in [9.17, 15) is 14.9 Å². The number of benzene rings is 4. The number of thioether (sulfide) groups is 1. The normalized spacial score (nSPS) is 14.9. The number of dihydropyridines is 1. The van der Waals surface area contributed by atoms with Crippen LogP contribution in [0.2, 0.25) is 0 Å². The Labute approximate surface area is 237 Å². The maximum absolute atomic E-state index is 13.6. The molecule has 2 amide bonds. The molecule has 0 spiro atoms. The number of anilines is 2. The molecule has 0 bridgehead atoms. The van der Waals surface area contributed by atoms with E-state index < -0.39 is 5.92 Å². The largest absolute Gasteiger partial charge is 0.353 e. The van der Waals surface area contributed by atoms with Gasteiger partial charge in [-0.2, -0.15) is 5.26 Å². The summed E-state index contributed by atoms with van der Waals surface area (Å²) in [6.45, 7) is 3.76. The molecule has 40 heavy (non-hydrogen) atoms. The molecule has 6 nitrogen and oxygen atoms in total. The molecule has 4 aromatic rings. The van der Waals surface area contributed by atoms with Gasteiger partial charge in [-0.25, -0.2) is 0 Å². The van der Waals surface area contributed by atoms with E-state index in [0.29, 0.717) is 27.6 Å². The Morgan fingerprint density at radius 1 is 0.850 bits per heavy atom. The lowest BCUT2D eigenvalue weighted by molar-refractivity contribution is -0.114. The van der Waals surface area contributed by atoms with Crippen molar-refractivity contribution in [1.29, 1.82) is 5.26 Å². The first-order valence-electron chi connectivity index (χ1n) is 12.9. The fourth-order valence-electron chi connectivity index (χ4n) is 4.87. The number of para-hydroxylation sites is 1. The fourth-order valence-corrected chi connectivity index (χ4v) is 5.76. The Hall–Kier alpha value is -4.80. The number of hydrogen-bond donors (Lipinski definition) is 3. The number of amides is 2. The van der Waals surface area contributed by atoms with Gasteiger partial charge in [0, 0.05) is 28.0 Å². The van der Waals surface area contributed by atoms with Crippen molar-refractivity contribution < 1.29 is 9.59 Å². The predicted octanol–water partition coefficient (Wildman–Crippen LogP) is 6.85. The molecule has 0 radical (unpaired) electrons. The van der Waals surface area contributed by atoms with Crippen LogP contribution in [0.25, 0.3) is 10.8 Å². The average molecular weight is 545 g/mol. The number of nitrogens with zero attached hydrogens (tertiary/aromatic N) is 1. The molecule has 4 aromatic carbocycles. The number of allylic oxidation sites excluding steroid dienone is 2. The Balaban J connectivity index is 1.41. The van der Waals surface area contributed by atoms with Crippen molar-refractivity contribution in [3.05, 3.63) is 130 Å². The minimum atomic E-state index is -0.583. The highest BCUT2D eigenvalue weighted by molar-refractivity contribution is 8.03. The van der Waals surface area contributed by atoms with Gasteiger partial charge in [0.1, 0.15) is 0 Å². The summed E-state index contributed by atoms with van der Waals surface area (Å²) in [6.07, 6.45) is 0. The lowest BCUT2D eigenvalue weighted by atomic mass is 9.82. The van der Waals surface area contributed by atoms with Crippen LogP contribution in [0.3, 0.4) is 0 Å². The maximum Gasteiger partial charge on any atom is 0.254 e. The molecule has 0 saturated carbocycles. The molecule has 3 N–H and O–H groups in total. The molecule has 7 heteroatoms. The Kier molecular flexibility index (Phi) is 7.99. The van der Waals surface area contributed by atoms with Crippen LogP contribution in [-0.2, 0) is 9.59 Å². The number of rotatable bonds is 7. The van der Waals surface area contributed by atoms with Gasteiger partial charge in [-0.05, 0) is 42.5 Å². The van der Waals surface area contributed by atoms with Crippen LogP contribution >= 0.6 is 11.8 Å². The van der Waals surface area contributed by atoms with E-state index in [1.54, 1.807) is 0 Å². The lowest BCUT2D eigenvalue weighted by Crippen LogP contribution is -2.31. The van der Waals surface area contributed by atoms with Crippen LogP contribution in [0, 0.1) is 18.3 Å². The molecular weight excluding hydrogens is 516 g/mol. The second-order valence-electron chi connectivity index (χ2n) is 9.49. The summed E-state index contributed by atoms with van der Waals surface area (Å²) in [5.74, 6) is -0.955. The maximum atomic E-state index is 13.6. The SMILES string of the molecule is CC1=C(C(=O)Nc2ccccc2C)[C@H](c2ccccc2)C(C#N)=C(SCC(=O)Nc2cccc3ccccc23)N1. The minimum absolute atomic E-state index is 0.0935. The number of fused-ring (bicyclic) bond motifs is 1. The number of hydrogen-bond acceptors (Lipinski definition) is 5. The monoisotopic (exact) mass is 544 g/mol. The summed E-state index contributed by atoms with van der Waals surface area (Å²) < 4.78 is 0. The highest BCUT2D eigenvalue weighted by atomic mass is 32.2. The number of aryl methyl sites for hydroxylation is 1. The van der Waals surface area contributed by atoms with Crippen LogP contribution in [-0.4, -0.2) is 17.6 Å². The van der Waals surface area contributed by atoms with Crippen molar-refractivity contribution in [3.8, 4) is 6.07 Å². The molecule has 0 saturated heterocycles. The van der Waals surface area contributed by atoms with Crippen molar-refractivity contribution in [1.82, 2.24) is 5.32 Å². The third-order valence-electron chi connectivity index (χ3n) is 6.83. The van der Waals surface area contributed by atoms with Gasteiger partial charge >= 0.3 is 0 Å². The molecule has 0 unspecified atom stereocenters. The van der Waals surface area contributed by atoms with E-state index in [0.717, 1.165) is 27.6 Å². The van der Waals surface area contributed by atoms with Crippen molar-refractivity contribution >= 4 is 45.7 Å². The number of carbonyl (C=O) groups excluding carboxylic acids is 2. The Morgan fingerprint density at radius 3 is 2.30 bits per heavy atom. The van der Waals surface area contributed by atoms with Gasteiger partial charge in [0.25, 0.3) is 5.91 Å². The summed E-state index contributed by atoms with van der Waals surface area (Å²) in [5.41, 5.74) is 4.73. The van der Waals surface area contributed by atoms with Crippen molar-refractivity contribution in [2.45, 2.75) is 19.8 Å². The van der Waals surface area contributed by atoms with E-state index >= 15 is 0 Å². The van der Waals surface area contributed by atoms with Crippen LogP contribution in [0.5, 0.6) is 0 Å². The van der Waals surface area contributed by atoms with Crippen LogP contribution < -0.4 is 16.0 Å². The zero-order valence-corrected chi connectivity index (χ0v) is 23.0. The van der Waals surface area contributed by atoms with Gasteiger partial charge in [0.05, 0.1) is 28.3 Å². The molecule has 198 valence electrons. The summed E-state index contributed by atoms with van der Waals surface area (Å²) in [6, 6.07) is 33.1. The van der Waals surface area contributed by atoms with Gasteiger partial charge in [0.15, 0.2) is 0 Å². The molecule has 1 aliphatic rings. The smallest absolute Gasteiger partial charge is 0.254 e. The standard InChI is InChI=1S/C33H28N4O2S/c1-21-11-6-9-17-27(21)37-32(39)30-22(2)35-33(26(19-34)31(30)24-13-4-3-5-14-24)40-20-29(38)36-28-18-10-15-23-12-7-8-16-25(23)28/h3-18,31,35H,20H2,1-2H3,(H,36,38)(H,37,39)/t31-/m1/s1. The first kappa shape index (κ1) is 26.8. The van der Waals surface area contributed by atoms with Gasteiger partial charge in [-0.3, -0.25) is 9.59 Å². The van der Waals surface area contributed by atoms with Gasteiger partial charge in [-0.15, -0.1) is 0 Å². The molecule has 1 atom stereocenters. The van der Waals surface area contributed by atoms with E-state index in [2.05, 4.69) is 22.0 Å². The highest BCUT2D eigenvalue weighted by Gasteiger charge is 2.35. The zero-order valence-electron chi connectivity index (χ0n) is 22.2. The molecule has 0 aromatic heterocycles. The van der Waals surface area contributed by atoms with Gasteiger partial charge in [0.2, 0.25) is 5.91 Å². The second-order valence-corrected chi connectivity index (χ2v) is 10.5. The van der Waals surface area contributed by atoms with E-state index in [4.69, 9.17) is 0 Å². The average Bonchev–Trinajstić information content (AvgIpc) is 2.97. The summed E-state index contributed by atoms with van der Waals surface area (Å²) in [4.78, 5) is 26.6. The number of nitriles is 1. The van der Waals surface area contributed by atoms with Crippen LogP contribution in [0.4, 0.5) is 11.4 Å². The Morgan fingerprint density at radius 2 is 1.52 bits per heavy atom. The molecule has 1 heterocycles. The minimum Gasteiger partial charge on any atom is -0.353 e. The molecule has 5 rings (SSSR count). The lowest BCUT2D eigenvalue weighted by Gasteiger charge is -2.30.